The molecule has 1 aromatic carbocycles. The van der Waals surface area contributed by atoms with Crippen LogP contribution in [0.1, 0.15) is 37.0 Å². The number of nitrogens with two attached hydrogens (primary N) is 1. The SMILES string of the molecule is CC(C)(CCCN1C(=O)c2ccccc2S1(=O)=O)C(N)=S. The van der Waals surface area contributed by atoms with Gasteiger partial charge in [0.1, 0.15) is 4.90 Å². The van der Waals surface area contributed by atoms with Gasteiger partial charge >= 0.3 is 0 Å². The van der Waals surface area contributed by atoms with E-state index in [0.717, 1.165) is 4.31 Å². The molecule has 1 heterocycles. The molecule has 0 bridgehead atoms. The van der Waals surface area contributed by atoms with E-state index < -0.39 is 15.9 Å². The van der Waals surface area contributed by atoms with Crippen molar-refractivity contribution in [2.24, 2.45) is 11.1 Å². The number of rotatable bonds is 5. The summed E-state index contributed by atoms with van der Waals surface area (Å²) in [7, 11) is -3.71. The Hall–Kier alpha value is -1.47. The summed E-state index contributed by atoms with van der Waals surface area (Å²) in [6.45, 7) is 3.96. The first-order chi connectivity index (χ1) is 9.68. The topological polar surface area (TPSA) is 80.5 Å². The molecule has 0 fully saturated rings. The van der Waals surface area contributed by atoms with Crippen molar-refractivity contribution in [3.63, 3.8) is 0 Å². The summed E-state index contributed by atoms with van der Waals surface area (Å²) in [5.74, 6) is -0.460. The molecule has 0 radical (unpaired) electrons. The predicted molar refractivity (Wildman–Crippen MR) is 84.5 cm³/mol. The molecule has 0 aromatic heterocycles. The summed E-state index contributed by atoms with van der Waals surface area (Å²) < 4.78 is 25.6. The molecular weight excluding hydrogens is 308 g/mol. The van der Waals surface area contributed by atoms with Gasteiger partial charge in [-0.1, -0.05) is 38.2 Å². The van der Waals surface area contributed by atoms with Crippen LogP contribution in [0.3, 0.4) is 0 Å². The van der Waals surface area contributed by atoms with E-state index >= 15 is 0 Å². The van der Waals surface area contributed by atoms with Crippen LogP contribution in [-0.2, 0) is 10.0 Å². The molecule has 1 aliphatic heterocycles. The monoisotopic (exact) mass is 326 g/mol. The second-order valence-corrected chi connectivity index (χ2v) is 8.00. The maximum atomic E-state index is 12.3. The minimum absolute atomic E-state index is 0.0867. The zero-order valence-electron chi connectivity index (χ0n) is 12.0. The average Bonchev–Trinajstić information content (AvgIpc) is 2.60. The molecule has 0 saturated carbocycles. The van der Waals surface area contributed by atoms with Crippen molar-refractivity contribution in [1.82, 2.24) is 4.31 Å². The predicted octanol–water partition coefficient (Wildman–Crippen LogP) is 1.92. The maximum absolute atomic E-state index is 12.3. The zero-order valence-corrected chi connectivity index (χ0v) is 13.6. The third kappa shape index (κ3) is 2.80. The molecule has 7 heteroatoms. The Morgan fingerprint density at radius 2 is 1.95 bits per heavy atom. The van der Waals surface area contributed by atoms with Crippen LogP contribution in [0.25, 0.3) is 0 Å². The molecule has 1 amide bonds. The Balaban J connectivity index is 2.13. The van der Waals surface area contributed by atoms with Gasteiger partial charge in [0.25, 0.3) is 15.9 Å². The fraction of sp³-hybridized carbons (Fsp3) is 0.429. The maximum Gasteiger partial charge on any atom is 0.269 e. The van der Waals surface area contributed by atoms with Gasteiger partial charge in [-0.15, -0.1) is 0 Å². The number of benzene rings is 1. The summed E-state index contributed by atoms with van der Waals surface area (Å²) in [4.78, 5) is 12.7. The molecule has 1 aliphatic rings. The first-order valence-electron chi connectivity index (χ1n) is 6.64. The molecule has 114 valence electrons. The number of thiocarbonyl (C=S) groups is 1. The lowest BCUT2D eigenvalue weighted by Crippen LogP contribution is -2.34. The standard InChI is InChI=1S/C14H18N2O3S2/c1-14(2,13(15)20)8-5-9-16-12(17)10-6-3-4-7-11(10)21(16,18)19/h3-4,6-7H,5,8-9H2,1-2H3,(H2,15,20). The van der Waals surface area contributed by atoms with Gasteiger partial charge in [0.2, 0.25) is 0 Å². The number of hydrogen-bond donors (Lipinski definition) is 1. The second kappa shape index (κ2) is 5.38. The van der Waals surface area contributed by atoms with E-state index in [1.54, 1.807) is 12.1 Å². The van der Waals surface area contributed by atoms with E-state index in [1.807, 2.05) is 13.8 Å². The van der Waals surface area contributed by atoms with Gasteiger partial charge in [-0.2, -0.15) is 0 Å². The fourth-order valence-corrected chi connectivity index (χ4v) is 3.95. The number of nitrogens with zero attached hydrogens (tertiary/aromatic N) is 1. The Bertz CT molecular complexity index is 696. The molecular formula is C14H18N2O3S2. The molecule has 21 heavy (non-hydrogen) atoms. The molecule has 0 spiro atoms. The van der Waals surface area contributed by atoms with Crippen molar-refractivity contribution in [3.05, 3.63) is 29.8 Å². The average molecular weight is 326 g/mol. The molecule has 2 rings (SSSR count). The van der Waals surface area contributed by atoms with Crippen molar-refractivity contribution in [1.29, 1.82) is 0 Å². The largest absolute Gasteiger partial charge is 0.393 e. The summed E-state index contributed by atoms with van der Waals surface area (Å²) in [6, 6.07) is 6.27. The number of sulfonamides is 1. The highest BCUT2D eigenvalue weighted by molar-refractivity contribution is 7.90. The molecule has 0 unspecified atom stereocenters. The minimum Gasteiger partial charge on any atom is -0.393 e. The number of hydrogen-bond acceptors (Lipinski definition) is 4. The Morgan fingerprint density at radius 1 is 1.33 bits per heavy atom. The van der Waals surface area contributed by atoms with Crippen LogP contribution < -0.4 is 5.73 Å². The Kier molecular flexibility index (Phi) is 4.08. The van der Waals surface area contributed by atoms with Gasteiger partial charge in [0, 0.05) is 12.0 Å². The molecule has 0 atom stereocenters. The minimum atomic E-state index is -3.71. The van der Waals surface area contributed by atoms with Crippen molar-refractivity contribution in [2.45, 2.75) is 31.6 Å². The molecule has 1 aromatic rings. The summed E-state index contributed by atoms with van der Waals surface area (Å²) in [5, 5.41) is 0. The number of carbonyl (C=O) groups excluding carboxylic acids is 1. The van der Waals surface area contributed by atoms with E-state index in [4.69, 9.17) is 18.0 Å². The first kappa shape index (κ1) is 15.9. The van der Waals surface area contributed by atoms with Crippen LogP contribution in [-0.4, -0.2) is 30.2 Å². The van der Waals surface area contributed by atoms with Crippen molar-refractivity contribution in [3.8, 4) is 0 Å². The third-order valence-electron chi connectivity index (χ3n) is 3.74. The lowest BCUT2D eigenvalue weighted by molar-refractivity contribution is 0.0868. The lowest BCUT2D eigenvalue weighted by Gasteiger charge is -2.24. The van der Waals surface area contributed by atoms with Crippen LogP contribution >= 0.6 is 12.2 Å². The quantitative estimate of drug-likeness (QED) is 0.836. The number of carbonyl (C=O) groups is 1. The number of amides is 1. The first-order valence-corrected chi connectivity index (χ1v) is 8.49. The highest BCUT2D eigenvalue weighted by Gasteiger charge is 2.40. The molecule has 5 nitrogen and oxygen atoms in total. The lowest BCUT2D eigenvalue weighted by atomic mass is 9.88. The van der Waals surface area contributed by atoms with Gasteiger partial charge < -0.3 is 5.73 Å². The smallest absolute Gasteiger partial charge is 0.269 e. The van der Waals surface area contributed by atoms with Gasteiger partial charge in [-0.3, -0.25) is 4.79 Å². The number of fused-ring (bicyclic) bond motifs is 1. The van der Waals surface area contributed by atoms with Gasteiger partial charge in [-0.05, 0) is 25.0 Å². The zero-order chi connectivity index (χ0) is 15.8. The normalized spacial score (nSPS) is 16.9. The van der Waals surface area contributed by atoms with E-state index in [2.05, 4.69) is 0 Å². The fourth-order valence-electron chi connectivity index (χ4n) is 2.24. The summed E-state index contributed by atoms with van der Waals surface area (Å²) >= 11 is 4.98. The Labute approximate surface area is 130 Å². The van der Waals surface area contributed by atoms with Crippen LogP contribution in [0.2, 0.25) is 0 Å². The van der Waals surface area contributed by atoms with Crippen molar-refractivity contribution < 1.29 is 13.2 Å². The molecule has 0 saturated heterocycles. The molecule has 0 aliphatic carbocycles. The molecule has 2 N–H and O–H groups in total. The highest BCUT2D eigenvalue weighted by Crippen LogP contribution is 2.31. The van der Waals surface area contributed by atoms with Crippen LogP contribution in [0.5, 0.6) is 0 Å². The second-order valence-electron chi connectivity index (χ2n) is 5.73. The summed E-state index contributed by atoms with van der Waals surface area (Å²) in [6.07, 6.45) is 1.14. The van der Waals surface area contributed by atoms with Crippen LogP contribution in [0.4, 0.5) is 0 Å². The van der Waals surface area contributed by atoms with E-state index in [-0.39, 0.29) is 22.4 Å². The van der Waals surface area contributed by atoms with Gasteiger partial charge in [0.15, 0.2) is 0 Å². The highest BCUT2D eigenvalue weighted by atomic mass is 32.2. The van der Waals surface area contributed by atoms with E-state index in [0.29, 0.717) is 17.8 Å². The van der Waals surface area contributed by atoms with Crippen molar-refractivity contribution >= 4 is 33.1 Å². The van der Waals surface area contributed by atoms with Crippen LogP contribution in [0, 0.1) is 5.41 Å². The van der Waals surface area contributed by atoms with Crippen molar-refractivity contribution in [2.75, 3.05) is 6.54 Å². The van der Waals surface area contributed by atoms with Gasteiger partial charge in [-0.25, -0.2) is 12.7 Å². The third-order valence-corrected chi connectivity index (χ3v) is 6.14. The van der Waals surface area contributed by atoms with E-state index in [1.165, 1.54) is 12.1 Å². The van der Waals surface area contributed by atoms with E-state index in [9.17, 15) is 13.2 Å². The van der Waals surface area contributed by atoms with Gasteiger partial charge in [0.05, 0.1) is 10.6 Å². The van der Waals surface area contributed by atoms with Crippen LogP contribution in [0.15, 0.2) is 29.2 Å². The Morgan fingerprint density at radius 3 is 2.52 bits per heavy atom. The summed E-state index contributed by atoms with van der Waals surface area (Å²) in [5.41, 5.74) is 5.54.